The number of hydrogen-bond acceptors (Lipinski definition) is 3. The molecule has 84 valence electrons. The van der Waals surface area contributed by atoms with Crippen molar-refractivity contribution in [3.05, 3.63) is 29.3 Å². The van der Waals surface area contributed by atoms with Crippen LogP contribution in [0.25, 0.3) is 0 Å². The molecule has 1 aromatic carbocycles. The van der Waals surface area contributed by atoms with Crippen molar-refractivity contribution in [1.29, 1.82) is 5.26 Å². The van der Waals surface area contributed by atoms with E-state index in [9.17, 15) is 0 Å². The van der Waals surface area contributed by atoms with Crippen molar-refractivity contribution < 1.29 is 0 Å². The highest BCUT2D eigenvalue weighted by Crippen LogP contribution is 2.27. The Morgan fingerprint density at radius 2 is 2.31 bits per heavy atom. The van der Waals surface area contributed by atoms with Gasteiger partial charge in [-0.25, -0.2) is 0 Å². The number of benzene rings is 1. The van der Waals surface area contributed by atoms with E-state index >= 15 is 0 Å². The number of thioether (sulfide) groups is 1. The van der Waals surface area contributed by atoms with Crippen LogP contribution in [0.4, 0.5) is 5.69 Å². The number of nitrogens with zero attached hydrogens (tertiary/aromatic N) is 2. The van der Waals surface area contributed by atoms with Gasteiger partial charge in [-0.15, -0.1) is 0 Å². The molecule has 1 aliphatic heterocycles. The minimum atomic E-state index is 0.654. The van der Waals surface area contributed by atoms with Crippen LogP contribution in [-0.2, 0) is 0 Å². The van der Waals surface area contributed by atoms with Crippen molar-refractivity contribution in [3.63, 3.8) is 0 Å². The monoisotopic (exact) mass is 232 g/mol. The molecule has 1 aromatic rings. The number of hydrogen-bond donors (Lipinski definition) is 0. The molecule has 0 spiro atoms. The summed E-state index contributed by atoms with van der Waals surface area (Å²) < 4.78 is 0. The maximum Gasteiger partial charge on any atom is 0.101 e. The van der Waals surface area contributed by atoms with Crippen LogP contribution < -0.4 is 4.90 Å². The summed E-state index contributed by atoms with van der Waals surface area (Å²) in [6, 6.07) is 8.34. The molecule has 1 aliphatic rings. The molecule has 1 fully saturated rings. The second-order valence-electron chi connectivity index (χ2n) is 4.26. The number of rotatable bonds is 1. The van der Waals surface area contributed by atoms with E-state index in [4.69, 9.17) is 5.26 Å². The lowest BCUT2D eigenvalue weighted by atomic mass is 10.1. The summed E-state index contributed by atoms with van der Waals surface area (Å²) in [7, 11) is 0. The zero-order chi connectivity index (χ0) is 11.5. The molecule has 0 aliphatic carbocycles. The molecule has 1 saturated heterocycles. The Morgan fingerprint density at radius 1 is 1.50 bits per heavy atom. The SMILES string of the molecule is Cc1ccc(C#N)c(N2CCSC(C)C2)c1. The Balaban J connectivity index is 2.31. The van der Waals surface area contributed by atoms with Gasteiger partial charge in [-0.05, 0) is 24.6 Å². The first-order valence-electron chi connectivity index (χ1n) is 5.58. The summed E-state index contributed by atoms with van der Waals surface area (Å²) in [5.74, 6) is 1.15. The first-order valence-corrected chi connectivity index (χ1v) is 6.63. The average molecular weight is 232 g/mol. The van der Waals surface area contributed by atoms with Gasteiger partial charge in [-0.2, -0.15) is 17.0 Å². The van der Waals surface area contributed by atoms with E-state index in [-0.39, 0.29) is 0 Å². The fraction of sp³-hybridized carbons (Fsp3) is 0.462. The van der Waals surface area contributed by atoms with E-state index in [1.807, 2.05) is 23.9 Å². The molecule has 16 heavy (non-hydrogen) atoms. The van der Waals surface area contributed by atoms with Gasteiger partial charge in [0.15, 0.2) is 0 Å². The van der Waals surface area contributed by atoms with Gasteiger partial charge in [0.05, 0.1) is 11.3 Å². The molecule has 1 unspecified atom stereocenters. The highest BCUT2D eigenvalue weighted by Gasteiger charge is 2.19. The molecular formula is C13H16N2S. The molecule has 1 atom stereocenters. The van der Waals surface area contributed by atoms with Crippen LogP contribution in [0.1, 0.15) is 18.1 Å². The van der Waals surface area contributed by atoms with E-state index in [2.05, 4.69) is 30.9 Å². The van der Waals surface area contributed by atoms with Crippen LogP contribution in [0.15, 0.2) is 18.2 Å². The molecule has 2 rings (SSSR count). The molecule has 0 amide bonds. The Hall–Kier alpha value is -1.14. The van der Waals surface area contributed by atoms with E-state index < -0.39 is 0 Å². The zero-order valence-electron chi connectivity index (χ0n) is 9.73. The van der Waals surface area contributed by atoms with E-state index in [1.54, 1.807) is 0 Å². The van der Waals surface area contributed by atoms with Gasteiger partial charge in [0.1, 0.15) is 6.07 Å². The first-order chi connectivity index (χ1) is 7.70. The predicted octanol–water partition coefficient (Wildman–Crippen LogP) is 2.81. The predicted molar refractivity (Wildman–Crippen MR) is 70.0 cm³/mol. The second-order valence-corrected chi connectivity index (χ2v) is 5.81. The molecule has 2 nitrogen and oxygen atoms in total. The average Bonchev–Trinajstić information content (AvgIpc) is 2.29. The topological polar surface area (TPSA) is 27.0 Å². The van der Waals surface area contributed by atoms with Crippen LogP contribution in [-0.4, -0.2) is 24.1 Å². The number of aryl methyl sites for hydroxylation is 1. The van der Waals surface area contributed by atoms with E-state index in [0.29, 0.717) is 5.25 Å². The first kappa shape index (κ1) is 11.3. The summed E-state index contributed by atoms with van der Waals surface area (Å²) in [4.78, 5) is 2.34. The summed E-state index contributed by atoms with van der Waals surface area (Å²) in [6.45, 7) is 6.42. The summed E-state index contributed by atoms with van der Waals surface area (Å²) >= 11 is 2.01. The number of anilines is 1. The van der Waals surface area contributed by atoms with Crippen LogP contribution >= 0.6 is 11.8 Å². The van der Waals surface area contributed by atoms with Crippen molar-refractivity contribution >= 4 is 17.4 Å². The number of nitriles is 1. The third-order valence-corrected chi connectivity index (χ3v) is 3.99. The molecule has 0 saturated carbocycles. The van der Waals surface area contributed by atoms with Gasteiger partial charge >= 0.3 is 0 Å². The zero-order valence-corrected chi connectivity index (χ0v) is 10.5. The van der Waals surface area contributed by atoms with E-state index in [0.717, 1.165) is 30.1 Å². The van der Waals surface area contributed by atoms with Crippen molar-refractivity contribution in [2.24, 2.45) is 0 Å². The van der Waals surface area contributed by atoms with Crippen LogP contribution in [0.3, 0.4) is 0 Å². The molecule has 0 bridgehead atoms. The van der Waals surface area contributed by atoms with Gasteiger partial charge in [0.25, 0.3) is 0 Å². The largest absolute Gasteiger partial charge is 0.369 e. The van der Waals surface area contributed by atoms with Crippen LogP contribution in [0, 0.1) is 18.3 Å². The highest BCUT2D eigenvalue weighted by molar-refractivity contribution is 8.00. The molecule has 1 heterocycles. The molecule has 3 heteroatoms. The summed E-state index contributed by atoms with van der Waals surface area (Å²) in [6.07, 6.45) is 0. The lowest BCUT2D eigenvalue weighted by molar-refractivity contribution is 0.781. The quantitative estimate of drug-likeness (QED) is 0.745. The molecule has 0 aromatic heterocycles. The maximum atomic E-state index is 9.12. The van der Waals surface area contributed by atoms with Gasteiger partial charge in [0, 0.05) is 24.1 Å². The fourth-order valence-corrected chi connectivity index (χ4v) is 3.05. The third-order valence-electron chi connectivity index (χ3n) is 2.86. The summed E-state index contributed by atoms with van der Waals surface area (Å²) in [5, 5.41) is 9.78. The van der Waals surface area contributed by atoms with Crippen molar-refractivity contribution in [2.75, 3.05) is 23.7 Å². The van der Waals surface area contributed by atoms with Crippen molar-refractivity contribution in [2.45, 2.75) is 19.1 Å². The van der Waals surface area contributed by atoms with Gasteiger partial charge in [-0.1, -0.05) is 13.0 Å². The van der Waals surface area contributed by atoms with Gasteiger partial charge in [0.2, 0.25) is 0 Å². The highest BCUT2D eigenvalue weighted by atomic mass is 32.2. The van der Waals surface area contributed by atoms with Crippen molar-refractivity contribution in [1.82, 2.24) is 0 Å². The minimum Gasteiger partial charge on any atom is -0.369 e. The standard InChI is InChI=1S/C13H16N2S/c1-10-3-4-12(8-14)13(7-10)15-5-6-16-11(2)9-15/h3-4,7,11H,5-6,9H2,1-2H3. The Kier molecular flexibility index (Phi) is 3.40. The summed E-state index contributed by atoms with van der Waals surface area (Å²) in [5.41, 5.74) is 3.12. The second kappa shape index (κ2) is 4.80. The lowest BCUT2D eigenvalue weighted by Gasteiger charge is -2.33. The van der Waals surface area contributed by atoms with Crippen LogP contribution in [0.2, 0.25) is 0 Å². The molecule has 0 N–H and O–H groups in total. The Morgan fingerprint density at radius 3 is 3.00 bits per heavy atom. The van der Waals surface area contributed by atoms with Gasteiger partial charge < -0.3 is 4.90 Å². The molecular weight excluding hydrogens is 216 g/mol. The minimum absolute atomic E-state index is 0.654. The van der Waals surface area contributed by atoms with Crippen LogP contribution in [0.5, 0.6) is 0 Å². The maximum absolute atomic E-state index is 9.12. The Bertz CT molecular complexity index is 422. The fourth-order valence-electron chi connectivity index (χ4n) is 2.04. The Labute approximate surface area is 101 Å². The van der Waals surface area contributed by atoms with Gasteiger partial charge in [-0.3, -0.25) is 0 Å². The molecule has 0 radical (unpaired) electrons. The normalized spacial score (nSPS) is 20.6. The third kappa shape index (κ3) is 2.33. The lowest BCUT2D eigenvalue weighted by Crippen LogP contribution is -2.37. The van der Waals surface area contributed by atoms with E-state index in [1.165, 1.54) is 5.56 Å². The van der Waals surface area contributed by atoms with Crippen molar-refractivity contribution in [3.8, 4) is 6.07 Å². The smallest absolute Gasteiger partial charge is 0.101 e.